The third-order valence-electron chi connectivity index (χ3n) is 6.12. The second kappa shape index (κ2) is 10.5. The highest BCUT2D eigenvalue weighted by Gasteiger charge is 2.32. The van der Waals surface area contributed by atoms with E-state index in [1.54, 1.807) is 36.4 Å². The fourth-order valence-electron chi connectivity index (χ4n) is 4.15. The number of carbonyl (C=O) groups is 1. The molecule has 4 aromatic rings. The normalized spacial score (nSPS) is 16.3. The third-order valence-corrected chi connectivity index (χ3v) is 6.12. The van der Waals surface area contributed by atoms with Gasteiger partial charge in [0, 0.05) is 36.5 Å². The molecule has 1 saturated heterocycles. The van der Waals surface area contributed by atoms with E-state index in [1.807, 2.05) is 35.2 Å². The molecule has 1 aliphatic rings. The molecule has 2 aromatic heterocycles. The summed E-state index contributed by atoms with van der Waals surface area (Å²) in [7, 11) is 0. The Morgan fingerprint density at radius 2 is 2.00 bits per heavy atom. The molecule has 37 heavy (non-hydrogen) atoms. The molecule has 1 fully saturated rings. The zero-order chi connectivity index (χ0) is 25.8. The highest BCUT2D eigenvalue weighted by atomic mass is 19.1. The van der Waals surface area contributed by atoms with E-state index < -0.39 is 18.2 Å². The van der Waals surface area contributed by atoms with E-state index in [9.17, 15) is 4.79 Å². The number of nitriles is 1. The largest absolute Gasteiger partial charge is 0.484 e. The van der Waals surface area contributed by atoms with Gasteiger partial charge in [-0.25, -0.2) is 4.39 Å². The summed E-state index contributed by atoms with van der Waals surface area (Å²) in [6.45, 7) is 0.300. The van der Waals surface area contributed by atoms with Gasteiger partial charge in [0.05, 0.1) is 18.2 Å². The Morgan fingerprint density at radius 3 is 2.73 bits per heavy atom. The van der Waals surface area contributed by atoms with E-state index in [-0.39, 0.29) is 19.7 Å². The molecule has 0 radical (unpaired) electrons. The van der Waals surface area contributed by atoms with Crippen LogP contribution in [0.2, 0.25) is 0 Å². The summed E-state index contributed by atoms with van der Waals surface area (Å²) < 4.78 is 31.0. The molecule has 0 aliphatic carbocycles. The number of anilines is 1. The van der Waals surface area contributed by atoms with Crippen molar-refractivity contribution in [1.82, 2.24) is 15.2 Å². The maximum absolute atomic E-state index is 15.2. The summed E-state index contributed by atoms with van der Waals surface area (Å²) in [5, 5.41) is 16.9. The number of hydrogen-bond donors (Lipinski definition) is 1. The molecule has 1 aliphatic heterocycles. The maximum Gasteiger partial charge on any atom is 0.262 e. The lowest BCUT2D eigenvalue weighted by Crippen LogP contribution is -2.54. The van der Waals surface area contributed by atoms with Gasteiger partial charge in [0.2, 0.25) is 0 Å². The summed E-state index contributed by atoms with van der Waals surface area (Å²) in [5.74, 6) is 0.401. The lowest BCUT2D eigenvalue weighted by atomic mass is 10.1. The highest BCUT2D eigenvalue weighted by molar-refractivity contribution is 5.79. The Bertz CT molecular complexity index is 1400. The van der Waals surface area contributed by atoms with E-state index in [0.717, 1.165) is 11.3 Å². The molecular weight excluding hydrogens is 479 g/mol. The van der Waals surface area contributed by atoms with Gasteiger partial charge in [-0.3, -0.25) is 4.79 Å². The summed E-state index contributed by atoms with van der Waals surface area (Å²) in [6, 6.07) is 18.6. The number of para-hydroxylation sites is 1. The smallest absolute Gasteiger partial charge is 0.262 e. The zero-order valence-corrected chi connectivity index (χ0v) is 19.7. The van der Waals surface area contributed by atoms with Gasteiger partial charge in [-0.05, 0) is 30.3 Å². The van der Waals surface area contributed by atoms with Crippen molar-refractivity contribution in [3.8, 4) is 23.1 Å². The Kier molecular flexibility index (Phi) is 6.83. The molecule has 0 spiro atoms. The van der Waals surface area contributed by atoms with Crippen LogP contribution in [0, 0.1) is 11.3 Å². The Hall–Kier alpha value is -4.69. The van der Waals surface area contributed by atoms with Crippen molar-refractivity contribution in [3.05, 3.63) is 83.9 Å². The number of rotatable bonds is 7. The molecule has 1 amide bonds. The van der Waals surface area contributed by atoms with Crippen molar-refractivity contribution in [2.75, 3.05) is 31.1 Å². The first-order valence-electron chi connectivity index (χ1n) is 11.6. The number of hydrogen-bond acceptors (Lipinski definition) is 9. The second-order valence-corrected chi connectivity index (χ2v) is 8.43. The van der Waals surface area contributed by atoms with Gasteiger partial charge in [-0.15, -0.1) is 0 Å². The van der Waals surface area contributed by atoms with Gasteiger partial charge in [0.25, 0.3) is 5.91 Å². The Balaban J connectivity index is 1.25. The molecule has 10 nitrogen and oxygen atoms in total. The van der Waals surface area contributed by atoms with Crippen LogP contribution < -0.4 is 15.4 Å². The number of nitrogens with zero attached hydrogens (tertiary/aromatic N) is 5. The molecule has 5 rings (SSSR count). The topological polar surface area (TPSA) is 135 Å². The van der Waals surface area contributed by atoms with E-state index in [1.165, 1.54) is 11.2 Å². The Labute approximate surface area is 211 Å². The van der Waals surface area contributed by atoms with Crippen molar-refractivity contribution in [2.24, 2.45) is 5.73 Å². The average molecular weight is 503 g/mol. The molecule has 2 aromatic carbocycles. The first-order chi connectivity index (χ1) is 18.0. The first-order valence-corrected chi connectivity index (χ1v) is 11.6. The minimum atomic E-state index is -1.52. The van der Waals surface area contributed by atoms with Crippen LogP contribution in [0.4, 0.5) is 10.1 Å². The highest BCUT2D eigenvalue weighted by Crippen LogP contribution is 2.33. The number of halogens is 1. The minimum Gasteiger partial charge on any atom is -0.484 e. The number of ether oxygens (including phenoxy) is 1. The van der Waals surface area contributed by atoms with Gasteiger partial charge in [0.15, 0.2) is 18.7 Å². The predicted octanol–water partition coefficient (Wildman–Crippen LogP) is 3.27. The van der Waals surface area contributed by atoms with Crippen LogP contribution in [0.5, 0.6) is 5.75 Å². The van der Waals surface area contributed by atoms with Gasteiger partial charge >= 0.3 is 0 Å². The van der Waals surface area contributed by atoms with Crippen LogP contribution >= 0.6 is 0 Å². The van der Waals surface area contributed by atoms with Gasteiger partial charge < -0.3 is 29.3 Å². The van der Waals surface area contributed by atoms with Crippen LogP contribution in [0.25, 0.3) is 11.3 Å². The fraction of sp³-hybridized carbons (Fsp3) is 0.231. The van der Waals surface area contributed by atoms with E-state index >= 15 is 4.39 Å². The Morgan fingerprint density at radius 1 is 1.19 bits per heavy atom. The van der Waals surface area contributed by atoms with Crippen LogP contribution in [-0.2, 0) is 4.79 Å². The maximum atomic E-state index is 15.2. The molecular formula is C26H23FN6O4. The standard InChI is InChI=1S/C26H23FN6O4/c27-24-15-32(10-11-33(24)25(34)16-35-18-7-5-17(14-28)6-8-18)22-4-2-1-3-19(22)21-13-23(37-31-21)26(29)20-9-12-36-30-20/h1-9,12-13,24,26H,10-11,15-16,29H2. The summed E-state index contributed by atoms with van der Waals surface area (Å²) >= 11 is 0. The predicted molar refractivity (Wildman–Crippen MR) is 130 cm³/mol. The van der Waals surface area contributed by atoms with Gasteiger partial charge in [-0.2, -0.15) is 5.26 Å². The second-order valence-electron chi connectivity index (χ2n) is 8.43. The van der Waals surface area contributed by atoms with Crippen molar-refractivity contribution in [3.63, 3.8) is 0 Å². The molecule has 2 unspecified atom stereocenters. The average Bonchev–Trinajstić information content (AvgIpc) is 3.65. The van der Waals surface area contributed by atoms with E-state index in [0.29, 0.717) is 35.0 Å². The fourth-order valence-corrected chi connectivity index (χ4v) is 4.15. The van der Waals surface area contributed by atoms with Crippen LogP contribution in [0.1, 0.15) is 23.1 Å². The third kappa shape index (κ3) is 5.14. The van der Waals surface area contributed by atoms with Crippen LogP contribution in [0.15, 0.2) is 76.0 Å². The van der Waals surface area contributed by atoms with Crippen LogP contribution in [-0.4, -0.2) is 53.7 Å². The summed E-state index contributed by atoms with van der Waals surface area (Å²) in [5.41, 5.74) is 9.26. The van der Waals surface area contributed by atoms with Crippen molar-refractivity contribution < 1.29 is 23.0 Å². The van der Waals surface area contributed by atoms with Gasteiger partial charge in [0.1, 0.15) is 29.4 Å². The van der Waals surface area contributed by atoms with Crippen molar-refractivity contribution in [2.45, 2.75) is 12.3 Å². The molecule has 11 heteroatoms. The number of benzene rings is 2. The number of aromatic nitrogens is 2. The summed E-state index contributed by atoms with van der Waals surface area (Å²) in [6.07, 6.45) is -0.0917. The lowest BCUT2D eigenvalue weighted by molar-refractivity contribution is -0.139. The number of alkyl halides is 1. The van der Waals surface area contributed by atoms with Crippen LogP contribution in [0.3, 0.4) is 0 Å². The SMILES string of the molecule is N#Cc1ccc(OCC(=O)N2CCN(c3ccccc3-c3cc(C(N)c4ccon4)on3)CC2F)cc1. The molecule has 188 valence electrons. The molecule has 0 bridgehead atoms. The van der Waals surface area contributed by atoms with E-state index in [2.05, 4.69) is 10.3 Å². The number of carbonyl (C=O) groups excluding carboxylic acids is 1. The number of nitrogens with two attached hydrogens (primary N) is 1. The van der Waals surface area contributed by atoms with Crippen molar-refractivity contribution in [1.29, 1.82) is 5.26 Å². The summed E-state index contributed by atoms with van der Waals surface area (Å²) in [4.78, 5) is 15.7. The molecule has 3 heterocycles. The minimum absolute atomic E-state index is 0.0111. The zero-order valence-electron chi connectivity index (χ0n) is 19.7. The molecule has 0 saturated carbocycles. The van der Waals surface area contributed by atoms with E-state index in [4.69, 9.17) is 24.8 Å². The monoisotopic (exact) mass is 502 g/mol. The van der Waals surface area contributed by atoms with Gasteiger partial charge in [-0.1, -0.05) is 28.5 Å². The number of amides is 1. The first kappa shape index (κ1) is 24.0. The number of piperazine rings is 1. The molecule has 2 N–H and O–H groups in total. The quantitative estimate of drug-likeness (QED) is 0.378. The molecule has 2 atom stereocenters. The lowest BCUT2D eigenvalue weighted by Gasteiger charge is -2.39. The van der Waals surface area contributed by atoms with Crippen molar-refractivity contribution >= 4 is 11.6 Å².